The van der Waals surface area contributed by atoms with E-state index in [1.807, 2.05) is 44.2 Å². The van der Waals surface area contributed by atoms with E-state index in [2.05, 4.69) is 15.3 Å². The molecule has 1 atom stereocenters. The lowest BCUT2D eigenvalue weighted by atomic mass is 10.1. The molecule has 0 spiro atoms. The Morgan fingerprint density at radius 3 is 2.71 bits per heavy atom. The highest BCUT2D eigenvalue weighted by Gasteiger charge is 2.08. The van der Waals surface area contributed by atoms with Gasteiger partial charge in [-0.1, -0.05) is 18.2 Å². The Morgan fingerprint density at radius 1 is 1.24 bits per heavy atom. The lowest BCUT2D eigenvalue weighted by molar-refractivity contribution is 1.07. The Hall–Kier alpha value is -1.61. The molecule has 2 aromatic rings. The minimum absolute atomic E-state index is 0.0523. The Balaban J connectivity index is 2.30. The van der Waals surface area contributed by atoms with Gasteiger partial charge in [-0.3, -0.25) is 0 Å². The van der Waals surface area contributed by atoms with Crippen LogP contribution >= 0.6 is 11.6 Å². The molecule has 2 rings (SSSR count). The normalized spacial score (nSPS) is 12.2. The van der Waals surface area contributed by atoms with Crippen molar-refractivity contribution in [1.82, 2.24) is 9.97 Å². The van der Waals surface area contributed by atoms with Crippen LogP contribution in [0.1, 0.15) is 23.6 Å². The van der Waals surface area contributed by atoms with E-state index in [1.54, 1.807) is 6.20 Å². The van der Waals surface area contributed by atoms with E-state index in [9.17, 15) is 0 Å². The Bertz CT molecular complexity index is 512. The van der Waals surface area contributed by atoms with Crippen molar-refractivity contribution >= 4 is 23.2 Å². The number of nitrogens with one attached hydrogen (secondary N) is 1. The van der Waals surface area contributed by atoms with Gasteiger partial charge in [0.2, 0.25) is 5.95 Å². The summed E-state index contributed by atoms with van der Waals surface area (Å²) in [5, 5.41) is 3.14. The third-order valence-electron chi connectivity index (χ3n) is 2.43. The van der Waals surface area contributed by atoms with Gasteiger partial charge in [-0.15, -0.1) is 11.6 Å². The van der Waals surface area contributed by atoms with Crippen molar-refractivity contribution in [2.75, 3.05) is 5.32 Å². The van der Waals surface area contributed by atoms with E-state index in [0.717, 1.165) is 16.9 Å². The monoisotopic (exact) mass is 247 g/mol. The van der Waals surface area contributed by atoms with Crippen LogP contribution in [0.4, 0.5) is 11.6 Å². The lowest BCUT2D eigenvalue weighted by Crippen LogP contribution is -2.00. The van der Waals surface area contributed by atoms with Crippen molar-refractivity contribution in [2.24, 2.45) is 0 Å². The second-order valence-corrected chi connectivity index (χ2v) is 4.50. The molecule has 0 saturated heterocycles. The first-order chi connectivity index (χ1) is 8.16. The fourth-order valence-electron chi connectivity index (χ4n) is 1.59. The standard InChI is InChI=1S/C13H14ClN3/c1-9-7-8-15-13(16-9)17-12-6-4-3-5-11(12)10(2)14/h3-8,10H,1-2H3,(H,15,16,17). The molecule has 1 unspecified atom stereocenters. The SMILES string of the molecule is Cc1ccnc(Nc2ccccc2C(C)Cl)n1. The summed E-state index contributed by atoms with van der Waals surface area (Å²) in [6, 6.07) is 9.76. The van der Waals surface area contributed by atoms with Crippen molar-refractivity contribution in [2.45, 2.75) is 19.2 Å². The molecule has 1 N–H and O–H groups in total. The van der Waals surface area contributed by atoms with E-state index >= 15 is 0 Å². The molecular formula is C13H14ClN3. The Morgan fingerprint density at radius 2 is 2.00 bits per heavy atom. The summed E-state index contributed by atoms with van der Waals surface area (Å²) in [6.07, 6.45) is 1.73. The van der Waals surface area contributed by atoms with Crippen LogP contribution in [-0.2, 0) is 0 Å². The number of hydrogen-bond donors (Lipinski definition) is 1. The van der Waals surface area contributed by atoms with Crippen LogP contribution in [0.3, 0.4) is 0 Å². The van der Waals surface area contributed by atoms with Gasteiger partial charge in [0, 0.05) is 17.6 Å². The molecule has 1 aromatic heterocycles. The molecule has 0 bridgehead atoms. The molecule has 4 heteroatoms. The summed E-state index contributed by atoms with van der Waals surface area (Å²) in [5.41, 5.74) is 2.92. The number of hydrogen-bond acceptors (Lipinski definition) is 3. The van der Waals surface area contributed by atoms with Gasteiger partial charge in [-0.05, 0) is 31.5 Å². The van der Waals surface area contributed by atoms with Gasteiger partial charge < -0.3 is 5.32 Å². The van der Waals surface area contributed by atoms with E-state index in [1.165, 1.54) is 0 Å². The lowest BCUT2D eigenvalue weighted by Gasteiger charge is -2.12. The molecule has 0 amide bonds. The van der Waals surface area contributed by atoms with Gasteiger partial charge in [-0.2, -0.15) is 0 Å². The number of alkyl halides is 1. The quantitative estimate of drug-likeness (QED) is 0.838. The summed E-state index contributed by atoms with van der Waals surface area (Å²) in [4.78, 5) is 8.47. The highest BCUT2D eigenvalue weighted by Crippen LogP contribution is 2.28. The molecule has 0 aliphatic carbocycles. The summed E-state index contributed by atoms with van der Waals surface area (Å²) in [7, 11) is 0. The maximum Gasteiger partial charge on any atom is 0.227 e. The second-order valence-electron chi connectivity index (χ2n) is 3.85. The largest absolute Gasteiger partial charge is 0.324 e. The van der Waals surface area contributed by atoms with Crippen molar-refractivity contribution < 1.29 is 0 Å². The first-order valence-corrected chi connectivity index (χ1v) is 5.90. The summed E-state index contributed by atoms with van der Waals surface area (Å²) in [6.45, 7) is 3.88. The third kappa shape index (κ3) is 2.94. The zero-order chi connectivity index (χ0) is 12.3. The minimum Gasteiger partial charge on any atom is -0.324 e. The summed E-state index contributed by atoms with van der Waals surface area (Å²) < 4.78 is 0. The summed E-state index contributed by atoms with van der Waals surface area (Å²) in [5.74, 6) is 0.592. The molecule has 0 aliphatic heterocycles. The molecule has 1 heterocycles. The van der Waals surface area contributed by atoms with Gasteiger partial charge in [0.15, 0.2) is 0 Å². The number of rotatable bonds is 3. The maximum atomic E-state index is 6.12. The van der Waals surface area contributed by atoms with Crippen LogP contribution < -0.4 is 5.32 Å². The first-order valence-electron chi connectivity index (χ1n) is 5.46. The first kappa shape index (κ1) is 11.9. The minimum atomic E-state index is -0.0523. The smallest absolute Gasteiger partial charge is 0.227 e. The predicted octanol–water partition coefficient (Wildman–Crippen LogP) is 3.83. The topological polar surface area (TPSA) is 37.8 Å². The molecule has 3 nitrogen and oxygen atoms in total. The maximum absolute atomic E-state index is 6.12. The van der Waals surface area contributed by atoms with Crippen LogP contribution in [0.15, 0.2) is 36.5 Å². The highest BCUT2D eigenvalue weighted by molar-refractivity contribution is 6.21. The van der Waals surface area contributed by atoms with Crippen LogP contribution in [-0.4, -0.2) is 9.97 Å². The van der Waals surface area contributed by atoms with Crippen LogP contribution in [0.25, 0.3) is 0 Å². The zero-order valence-corrected chi connectivity index (χ0v) is 10.6. The van der Waals surface area contributed by atoms with Crippen LogP contribution in [0.2, 0.25) is 0 Å². The molecule has 0 aliphatic rings. The second kappa shape index (κ2) is 5.15. The highest BCUT2D eigenvalue weighted by atomic mass is 35.5. The van der Waals surface area contributed by atoms with Crippen LogP contribution in [0.5, 0.6) is 0 Å². The Kier molecular flexibility index (Phi) is 3.59. The van der Waals surface area contributed by atoms with E-state index in [0.29, 0.717) is 5.95 Å². The average molecular weight is 248 g/mol. The number of anilines is 2. The average Bonchev–Trinajstić information content (AvgIpc) is 2.29. The number of halogens is 1. The van der Waals surface area contributed by atoms with Crippen molar-refractivity contribution in [3.63, 3.8) is 0 Å². The van der Waals surface area contributed by atoms with Gasteiger partial charge in [0.25, 0.3) is 0 Å². The molecule has 88 valence electrons. The molecule has 17 heavy (non-hydrogen) atoms. The van der Waals surface area contributed by atoms with Gasteiger partial charge in [0.1, 0.15) is 0 Å². The zero-order valence-electron chi connectivity index (χ0n) is 9.81. The number of aromatic nitrogens is 2. The molecule has 0 saturated carbocycles. The molecular weight excluding hydrogens is 234 g/mol. The fourth-order valence-corrected chi connectivity index (χ4v) is 1.78. The number of nitrogens with zero attached hydrogens (tertiary/aromatic N) is 2. The van der Waals surface area contributed by atoms with Gasteiger partial charge >= 0.3 is 0 Å². The van der Waals surface area contributed by atoms with Crippen molar-refractivity contribution in [3.05, 3.63) is 47.8 Å². The number of benzene rings is 1. The summed E-state index contributed by atoms with van der Waals surface area (Å²) >= 11 is 6.12. The Labute approximate surface area is 106 Å². The van der Waals surface area contributed by atoms with E-state index in [4.69, 9.17) is 11.6 Å². The predicted molar refractivity (Wildman–Crippen MR) is 70.8 cm³/mol. The molecule has 0 radical (unpaired) electrons. The van der Waals surface area contributed by atoms with Crippen molar-refractivity contribution in [3.8, 4) is 0 Å². The van der Waals surface area contributed by atoms with Gasteiger partial charge in [-0.25, -0.2) is 9.97 Å². The van der Waals surface area contributed by atoms with Crippen LogP contribution in [0, 0.1) is 6.92 Å². The van der Waals surface area contributed by atoms with E-state index < -0.39 is 0 Å². The van der Waals surface area contributed by atoms with Gasteiger partial charge in [0.05, 0.1) is 5.38 Å². The number of aryl methyl sites for hydroxylation is 1. The third-order valence-corrected chi connectivity index (χ3v) is 2.67. The van der Waals surface area contributed by atoms with E-state index in [-0.39, 0.29) is 5.38 Å². The fraction of sp³-hybridized carbons (Fsp3) is 0.231. The molecule has 1 aromatic carbocycles. The molecule has 0 fully saturated rings. The number of para-hydroxylation sites is 1. The van der Waals surface area contributed by atoms with Crippen molar-refractivity contribution in [1.29, 1.82) is 0 Å².